The first-order valence-corrected chi connectivity index (χ1v) is 3.28. The van der Waals surface area contributed by atoms with Crippen molar-refractivity contribution in [1.29, 1.82) is 0 Å². The third-order valence-electron chi connectivity index (χ3n) is 0.262. The molecule has 0 saturated heterocycles. The number of carbonyl (C=O) groups is 1. The fourth-order valence-corrected chi connectivity index (χ4v) is 0.0417. The Morgan fingerprint density at radius 3 is 1.23 bits per heavy atom. The van der Waals surface area contributed by atoms with Crippen LogP contribution in [0, 0.1) is 0 Å². The van der Waals surface area contributed by atoms with E-state index in [9.17, 15) is 4.79 Å². The summed E-state index contributed by atoms with van der Waals surface area (Å²) in [4.78, 5) is 9.71. The second kappa shape index (κ2) is 13.1. The summed E-state index contributed by atoms with van der Waals surface area (Å²) in [6, 6.07) is -0.602. The Balaban J connectivity index is -0.0000000546. The van der Waals surface area contributed by atoms with Crippen LogP contribution < -0.4 is 81.7 Å². The summed E-state index contributed by atoms with van der Waals surface area (Å²) < 4.78 is 34.1. The number of rotatable bonds is 0. The maximum absolute atomic E-state index is 9.71. The van der Waals surface area contributed by atoms with Crippen LogP contribution in [-0.4, -0.2) is 23.6 Å². The van der Waals surface area contributed by atoms with Gasteiger partial charge in [0, 0.05) is 10.4 Å². The predicted molar refractivity (Wildman–Crippen MR) is 30.5 cm³/mol. The Morgan fingerprint density at radius 1 is 1.08 bits per heavy atom. The molecule has 12 heteroatoms. The van der Waals surface area contributed by atoms with Gasteiger partial charge in [0.05, 0.1) is 0 Å². The van der Waals surface area contributed by atoms with Gasteiger partial charge in [-0.2, -0.15) is 0 Å². The van der Waals surface area contributed by atoms with Crippen molar-refractivity contribution in [1.82, 2.24) is 10.9 Å². The molecule has 0 radical (unpaired) electrons. The first kappa shape index (κ1) is 23.7. The monoisotopic (exact) mass is 232 g/mol. The van der Waals surface area contributed by atoms with Crippen LogP contribution in [-0.2, 0) is 10.4 Å². The van der Waals surface area contributed by atoms with Gasteiger partial charge < -0.3 is 9.11 Å². The first-order valence-electron chi connectivity index (χ1n) is 1.95. The third kappa shape index (κ3) is 62.4. The summed E-state index contributed by atoms with van der Waals surface area (Å²) in [7, 11) is -5.17. The number of hydrogen-bond donors (Lipinski definition) is 4. The zero-order valence-electron chi connectivity index (χ0n) is 7.10. The SMILES string of the molecule is NNC(=O)NN.O=S(=O)([O-])[O-].[Na+].[Na+]. The average molecular weight is 232 g/mol. The number of nitrogens with two attached hydrogens (primary N) is 2. The van der Waals surface area contributed by atoms with Crippen molar-refractivity contribution in [3.05, 3.63) is 0 Å². The summed E-state index contributed by atoms with van der Waals surface area (Å²) in [6.45, 7) is 0. The molecule has 0 spiro atoms. The van der Waals surface area contributed by atoms with E-state index in [1.54, 1.807) is 10.9 Å². The van der Waals surface area contributed by atoms with Crippen LogP contribution in [0.25, 0.3) is 0 Å². The topological polar surface area (TPSA) is 173 Å². The molecule has 0 aromatic heterocycles. The summed E-state index contributed by atoms with van der Waals surface area (Å²) in [5, 5.41) is 0. The number of nitrogens with one attached hydrogen (secondary N) is 2. The molecule has 0 aliphatic carbocycles. The van der Waals surface area contributed by atoms with Crippen molar-refractivity contribution in [2.45, 2.75) is 0 Å². The molecule has 0 unspecified atom stereocenters. The van der Waals surface area contributed by atoms with E-state index in [0.717, 1.165) is 0 Å². The zero-order valence-corrected chi connectivity index (χ0v) is 11.9. The van der Waals surface area contributed by atoms with Gasteiger partial charge in [0.15, 0.2) is 0 Å². The van der Waals surface area contributed by atoms with Crippen molar-refractivity contribution >= 4 is 16.4 Å². The van der Waals surface area contributed by atoms with Gasteiger partial charge in [-0.15, -0.1) is 0 Å². The molecule has 0 aliphatic rings. The molecule has 68 valence electrons. The van der Waals surface area contributed by atoms with Crippen LogP contribution in [0.5, 0.6) is 0 Å². The zero-order chi connectivity index (χ0) is 9.49. The fraction of sp³-hybridized carbons (Fsp3) is 0. The van der Waals surface area contributed by atoms with E-state index in [0.29, 0.717) is 0 Å². The van der Waals surface area contributed by atoms with E-state index in [-0.39, 0.29) is 59.1 Å². The van der Waals surface area contributed by atoms with Crippen molar-refractivity contribution in [2.75, 3.05) is 0 Å². The van der Waals surface area contributed by atoms with Gasteiger partial charge in [-0.1, -0.05) is 0 Å². The molecular formula is CH6N4Na2O5S. The predicted octanol–water partition coefficient (Wildman–Crippen LogP) is -9.30. The Kier molecular flexibility index (Phi) is 23.8. The minimum absolute atomic E-state index is 0. The van der Waals surface area contributed by atoms with Gasteiger partial charge in [0.2, 0.25) is 0 Å². The maximum atomic E-state index is 9.71. The second-order valence-corrected chi connectivity index (χ2v) is 1.84. The number of hydrogen-bond acceptors (Lipinski definition) is 7. The number of urea groups is 1. The molecule has 13 heavy (non-hydrogen) atoms. The Hall–Kier alpha value is 1.06. The van der Waals surface area contributed by atoms with E-state index in [2.05, 4.69) is 11.7 Å². The van der Waals surface area contributed by atoms with Crippen LogP contribution in [0.3, 0.4) is 0 Å². The first-order chi connectivity index (χ1) is 4.81. The molecular weight excluding hydrogens is 226 g/mol. The molecule has 9 nitrogen and oxygen atoms in total. The normalized spacial score (nSPS) is 7.69. The van der Waals surface area contributed by atoms with E-state index < -0.39 is 16.4 Å². The van der Waals surface area contributed by atoms with Crippen LogP contribution >= 0.6 is 0 Å². The molecule has 0 aromatic rings. The van der Waals surface area contributed by atoms with Crippen molar-refractivity contribution < 1.29 is 81.4 Å². The molecule has 0 rings (SSSR count). The largest absolute Gasteiger partial charge is 1.00 e. The number of amides is 2. The van der Waals surface area contributed by atoms with E-state index in [1.165, 1.54) is 0 Å². The van der Waals surface area contributed by atoms with Gasteiger partial charge >= 0.3 is 65.1 Å². The van der Waals surface area contributed by atoms with Crippen molar-refractivity contribution in [3.8, 4) is 0 Å². The second-order valence-electron chi connectivity index (χ2n) is 1.03. The summed E-state index contributed by atoms with van der Waals surface area (Å²) in [6.07, 6.45) is 0. The van der Waals surface area contributed by atoms with Crippen molar-refractivity contribution in [3.63, 3.8) is 0 Å². The van der Waals surface area contributed by atoms with E-state index >= 15 is 0 Å². The van der Waals surface area contributed by atoms with Gasteiger partial charge in [-0.25, -0.2) is 16.5 Å². The van der Waals surface area contributed by atoms with Crippen LogP contribution in [0.15, 0.2) is 0 Å². The molecule has 0 heterocycles. The Bertz CT molecular complexity index is 191. The Morgan fingerprint density at radius 2 is 1.23 bits per heavy atom. The average Bonchev–Trinajstić information content (AvgIpc) is 1.83. The number of hydrazine groups is 2. The molecule has 0 atom stereocenters. The molecule has 0 aromatic carbocycles. The molecule has 0 bridgehead atoms. The van der Waals surface area contributed by atoms with Crippen LogP contribution in [0.2, 0.25) is 0 Å². The fourth-order valence-electron chi connectivity index (χ4n) is 0.0417. The summed E-state index contributed by atoms with van der Waals surface area (Å²) >= 11 is 0. The van der Waals surface area contributed by atoms with Gasteiger partial charge in [0.1, 0.15) is 0 Å². The van der Waals surface area contributed by atoms with Crippen LogP contribution in [0.1, 0.15) is 0 Å². The van der Waals surface area contributed by atoms with Gasteiger partial charge in [0.25, 0.3) is 0 Å². The van der Waals surface area contributed by atoms with Crippen molar-refractivity contribution in [2.24, 2.45) is 11.7 Å². The minimum atomic E-state index is -5.17. The molecule has 0 fully saturated rings. The van der Waals surface area contributed by atoms with Gasteiger partial charge in [-0.3, -0.25) is 19.3 Å². The summed E-state index contributed by atoms with van der Waals surface area (Å²) in [5.74, 6) is 9.08. The third-order valence-corrected chi connectivity index (χ3v) is 0.262. The Labute approximate surface area is 119 Å². The minimum Gasteiger partial charge on any atom is -0.759 e. The molecule has 0 aliphatic heterocycles. The quantitative estimate of drug-likeness (QED) is 0.0800. The standard InChI is InChI=1S/CH6N4O.2Na.H2O4S/c2-4-1(6)5-3;;;1-5(2,3)4/h2-3H2,(H2,4,5,6);;;(H2,1,2,3,4)/q;2*+1;/p-2. The van der Waals surface area contributed by atoms with E-state index in [4.69, 9.17) is 17.5 Å². The molecule has 2 amide bonds. The molecule has 6 N–H and O–H groups in total. The summed E-state index contributed by atoms with van der Waals surface area (Å²) in [5.41, 5.74) is 3.48. The molecule has 0 saturated carbocycles. The van der Waals surface area contributed by atoms with Gasteiger partial charge in [-0.05, 0) is 0 Å². The van der Waals surface area contributed by atoms with E-state index in [1.807, 2.05) is 0 Å². The number of carbonyl (C=O) groups excluding carboxylic acids is 1. The maximum Gasteiger partial charge on any atom is 1.00 e. The smallest absolute Gasteiger partial charge is 0.759 e. The van der Waals surface area contributed by atoms with Crippen LogP contribution in [0.4, 0.5) is 4.79 Å².